The Morgan fingerprint density at radius 1 is 1.21 bits per heavy atom. The average molecular weight is 262 g/mol. The van der Waals surface area contributed by atoms with Gasteiger partial charge in [-0.15, -0.1) is 0 Å². The minimum atomic E-state index is 0.769. The second kappa shape index (κ2) is 7.51. The Labute approximate surface area is 116 Å². The lowest BCUT2D eigenvalue weighted by atomic mass is 10.1. The normalized spacial score (nSPS) is 15.8. The zero-order valence-corrected chi connectivity index (χ0v) is 12.2. The minimum Gasteiger partial charge on any atom is -0.383 e. The van der Waals surface area contributed by atoms with Crippen molar-refractivity contribution < 1.29 is 4.74 Å². The molecule has 106 valence electrons. The summed E-state index contributed by atoms with van der Waals surface area (Å²) in [7, 11) is 1.74. The Balaban J connectivity index is 1.92. The number of nitrogens with one attached hydrogen (secondary N) is 1. The van der Waals surface area contributed by atoms with E-state index in [9.17, 15) is 0 Å². The van der Waals surface area contributed by atoms with Crippen molar-refractivity contribution in [2.45, 2.75) is 32.7 Å². The maximum Gasteiger partial charge on any atom is 0.0587 e. The minimum absolute atomic E-state index is 0.769. The third-order valence-corrected chi connectivity index (χ3v) is 3.77. The van der Waals surface area contributed by atoms with E-state index in [-0.39, 0.29) is 0 Å². The Morgan fingerprint density at radius 3 is 2.68 bits per heavy atom. The summed E-state index contributed by atoms with van der Waals surface area (Å²) < 4.78 is 5.03. The van der Waals surface area contributed by atoms with Gasteiger partial charge in [-0.25, -0.2) is 0 Å². The lowest BCUT2D eigenvalue weighted by Gasteiger charge is -2.30. The van der Waals surface area contributed by atoms with Crippen molar-refractivity contribution in [1.29, 1.82) is 0 Å². The number of rotatable bonds is 6. The van der Waals surface area contributed by atoms with Gasteiger partial charge in [0.25, 0.3) is 0 Å². The molecule has 2 rings (SSSR count). The molecule has 0 aromatic heterocycles. The Kier molecular flexibility index (Phi) is 5.67. The summed E-state index contributed by atoms with van der Waals surface area (Å²) in [5.74, 6) is 0. The summed E-state index contributed by atoms with van der Waals surface area (Å²) in [6.07, 6.45) is 4.05. The summed E-state index contributed by atoms with van der Waals surface area (Å²) in [5, 5.41) is 3.39. The van der Waals surface area contributed by atoms with E-state index in [1.54, 1.807) is 7.11 Å². The van der Waals surface area contributed by atoms with E-state index in [4.69, 9.17) is 4.74 Å². The molecule has 19 heavy (non-hydrogen) atoms. The first-order valence-corrected chi connectivity index (χ1v) is 7.35. The molecule has 1 heterocycles. The molecule has 1 aromatic carbocycles. The maximum absolute atomic E-state index is 5.03. The molecule has 1 aliphatic heterocycles. The third-order valence-electron chi connectivity index (χ3n) is 3.77. The number of anilines is 1. The van der Waals surface area contributed by atoms with E-state index >= 15 is 0 Å². The van der Waals surface area contributed by atoms with E-state index in [1.165, 1.54) is 49.2 Å². The van der Waals surface area contributed by atoms with Crippen molar-refractivity contribution in [2.75, 3.05) is 38.3 Å². The van der Waals surface area contributed by atoms with Gasteiger partial charge in [0, 0.05) is 39.0 Å². The average Bonchev–Trinajstić information content (AvgIpc) is 2.45. The van der Waals surface area contributed by atoms with Gasteiger partial charge in [-0.1, -0.05) is 12.1 Å². The summed E-state index contributed by atoms with van der Waals surface area (Å²) in [6, 6.07) is 6.84. The molecule has 1 fully saturated rings. The van der Waals surface area contributed by atoms with Crippen LogP contribution in [0.3, 0.4) is 0 Å². The van der Waals surface area contributed by atoms with Gasteiger partial charge >= 0.3 is 0 Å². The second-order valence-corrected chi connectivity index (χ2v) is 5.34. The summed E-state index contributed by atoms with van der Waals surface area (Å²) in [5.41, 5.74) is 4.17. The van der Waals surface area contributed by atoms with Crippen molar-refractivity contribution in [2.24, 2.45) is 0 Å². The molecule has 0 radical (unpaired) electrons. The lowest BCUT2D eigenvalue weighted by Crippen LogP contribution is -2.30. The van der Waals surface area contributed by atoms with E-state index in [0.717, 1.165) is 19.7 Å². The van der Waals surface area contributed by atoms with Gasteiger partial charge in [-0.05, 0) is 43.4 Å². The van der Waals surface area contributed by atoms with Crippen LogP contribution in [0.15, 0.2) is 18.2 Å². The zero-order valence-electron chi connectivity index (χ0n) is 12.2. The van der Waals surface area contributed by atoms with Crippen LogP contribution >= 0.6 is 0 Å². The second-order valence-electron chi connectivity index (χ2n) is 5.34. The Morgan fingerprint density at radius 2 is 2.00 bits per heavy atom. The first kappa shape index (κ1) is 14.4. The van der Waals surface area contributed by atoms with E-state index < -0.39 is 0 Å². The highest BCUT2D eigenvalue weighted by Gasteiger charge is 2.12. The molecule has 1 aromatic rings. The molecule has 3 nitrogen and oxygen atoms in total. The fourth-order valence-electron chi connectivity index (χ4n) is 2.72. The highest BCUT2D eigenvalue weighted by Crippen LogP contribution is 2.24. The molecule has 0 amide bonds. The van der Waals surface area contributed by atoms with Crippen molar-refractivity contribution >= 4 is 5.69 Å². The maximum atomic E-state index is 5.03. The van der Waals surface area contributed by atoms with Gasteiger partial charge in [-0.2, -0.15) is 0 Å². The Hall–Kier alpha value is -1.06. The SMILES string of the molecule is COCCNCc1ccc(N2CCCCC2)c(C)c1. The van der Waals surface area contributed by atoms with Crippen LogP contribution in [-0.4, -0.2) is 33.4 Å². The van der Waals surface area contributed by atoms with Gasteiger partial charge in [0.05, 0.1) is 6.61 Å². The smallest absolute Gasteiger partial charge is 0.0587 e. The summed E-state index contributed by atoms with van der Waals surface area (Å²) in [6.45, 7) is 7.25. The number of aryl methyl sites for hydroxylation is 1. The van der Waals surface area contributed by atoms with Crippen LogP contribution in [-0.2, 0) is 11.3 Å². The van der Waals surface area contributed by atoms with Crippen LogP contribution in [0.1, 0.15) is 30.4 Å². The first-order valence-electron chi connectivity index (χ1n) is 7.35. The van der Waals surface area contributed by atoms with Gasteiger partial charge in [0.2, 0.25) is 0 Å². The summed E-state index contributed by atoms with van der Waals surface area (Å²) in [4.78, 5) is 2.53. The predicted molar refractivity (Wildman–Crippen MR) is 80.8 cm³/mol. The molecular weight excluding hydrogens is 236 g/mol. The summed E-state index contributed by atoms with van der Waals surface area (Å²) >= 11 is 0. The van der Waals surface area contributed by atoms with E-state index in [2.05, 4.69) is 35.3 Å². The first-order chi connectivity index (χ1) is 9.31. The predicted octanol–water partition coefficient (Wildman–Crippen LogP) is 2.72. The molecule has 0 spiro atoms. The molecule has 1 N–H and O–H groups in total. The highest BCUT2D eigenvalue weighted by atomic mass is 16.5. The van der Waals surface area contributed by atoms with Gasteiger partial charge in [0.15, 0.2) is 0 Å². The molecule has 3 heteroatoms. The van der Waals surface area contributed by atoms with Crippen molar-refractivity contribution in [1.82, 2.24) is 5.32 Å². The highest BCUT2D eigenvalue weighted by molar-refractivity contribution is 5.54. The molecule has 0 unspecified atom stereocenters. The number of piperidine rings is 1. The van der Waals surface area contributed by atoms with Crippen molar-refractivity contribution in [3.8, 4) is 0 Å². The number of hydrogen-bond acceptors (Lipinski definition) is 3. The van der Waals surface area contributed by atoms with Gasteiger partial charge in [0.1, 0.15) is 0 Å². The van der Waals surface area contributed by atoms with E-state index in [1.807, 2.05) is 0 Å². The van der Waals surface area contributed by atoms with Crippen LogP contribution < -0.4 is 10.2 Å². The lowest BCUT2D eigenvalue weighted by molar-refractivity contribution is 0.199. The largest absolute Gasteiger partial charge is 0.383 e. The molecule has 1 aliphatic rings. The number of ether oxygens (including phenoxy) is 1. The zero-order chi connectivity index (χ0) is 13.5. The monoisotopic (exact) mass is 262 g/mol. The number of hydrogen-bond donors (Lipinski definition) is 1. The van der Waals surface area contributed by atoms with Gasteiger partial charge < -0.3 is 15.0 Å². The molecule has 0 bridgehead atoms. The number of methoxy groups -OCH3 is 1. The van der Waals surface area contributed by atoms with Crippen molar-refractivity contribution in [3.63, 3.8) is 0 Å². The third kappa shape index (κ3) is 4.22. The molecule has 0 aliphatic carbocycles. The fourth-order valence-corrected chi connectivity index (χ4v) is 2.72. The van der Waals surface area contributed by atoms with Crippen LogP contribution in [0.25, 0.3) is 0 Å². The molecule has 1 saturated heterocycles. The Bertz CT molecular complexity index is 386. The molecule has 0 saturated carbocycles. The fraction of sp³-hybridized carbons (Fsp3) is 0.625. The number of benzene rings is 1. The van der Waals surface area contributed by atoms with Crippen LogP contribution in [0.5, 0.6) is 0 Å². The topological polar surface area (TPSA) is 24.5 Å². The van der Waals surface area contributed by atoms with Gasteiger partial charge in [-0.3, -0.25) is 0 Å². The van der Waals surface area contributed by atoms with Crippen LogP contribution in [0.4, 0.5) is 5.69 Å². The molecular formula is C16H26N2O. The van der Waals surface area contributed by atoms with Crippen molar-refractivity contribution in [3.05, 3.63) is 29.3 Å². The number of nitrogens with zero attached hydrogens (tertiary/aromatic N) is 1. The molecule has 0 atom stereocenters. The quantitative estimate of drug-likeness (QED) is 0.798. The van der Waals surface area contributed by atoms with Crippen LogP contribution in [0.2, 0.25) is 0 Å². The standard InChI is InChI=1S/C16H26N2O/c1-14-12-15(13-17-8-11-19-2)6-7-16(14)18-9-4-3-5-10-18/h6-7,12,17H,3-5,8-11,13H2,1-2H3. The van der Waals surface area contributed by atoms with E-state index in [0.29, 0.717) is 0 Å². The van der Waals surface area contributed by atoms with Crippen LogP contribution in [0, 0.1) is 6.92 Å².